The van der Waals surface area contributed by atoms with Gasteiger partial charge < -0.3 is 10.5 Å². The Morgan fingerprint density at radius 1 is 1.35 bits per heavy atom. The molecule has 0 bridgehead atoms. The molecule has 2 N–H and O–H groups in total. The minimum absolute atomic E-state index is 0.441. The molecular formula is C14H13BrN4O. The van der Waals surface area contributed by atoms with Crippen LogP contribution >= 0.6 is 15.9 Å². The number of ether oxygens (including phenoxy) is 1. The van der Waals surface area contributed by atoms with Crippen LogP contribution in [0.2, 0.25) is 0 Å². The number of benzene rings is 1. The number of pyridine rings is 1. The molecule has 0 fully saturated rings. The molecule has 6 heteroatoms. The van der Waals surface area contributed by atoms with E-state index >= 15 is 0 Å². The van der Waals surface area contributed by atoms with Gasteiger partial charge in [-0.15, -0.1) is 0 Å². The van der Waals surface area contributed by atoms with Crippen LogP contribution in [0.15, 0.2) is 41.0 Å². The monoisotopic (exact) mass is 332 g/mol. The SMILES string of the molecule is COc1ccccc1Cn1c(N)nc2cc(Br)cnc21. The van der Waals surface area contributed by atoms with Crippen LogP contribution in [0, 0.1) is 0 Å². The Bertz CT molecular complexity index is 769. The zero-order valence-electron chi connectivity index (χ0n) is 10.9. The highest BCUT2D eigenvalue weighted by molar-refractivity contribution is 9.10. The molecule has 2 heterocycles. The van der Waals surface area contributed by atoms with Crippen molar-refractivity contribution in [2.75, 3.05) is 12.8 Å². The molecule has 0 amide bonds. The molecule has 0 radical (unpaired) electrons. The van der Waals surface area contributed by atoms with Crippen LogP contribution in [-0.2, 0) is 6.54 Å². The maximum Gasteiger partial charge on any atom is 0.202 e. The van der Waals surface area contributed by atoms with Gasteiger partial charge in [-0.25, -0.2) is 9.97 Å². The number of hydrogen-bond donors (Lipinski definition) is 1. The number of halogens is 1. The Hall–Kier alpha value is -2.08. The second-order valence-corrected chi connectivity index (χ2v) is 5.28. The first-order valence-corrected chi connectivity index (χ1v) is 6.87. The van der Waals surface area contributed by atoms with E-state index < -0.39 is 0 Å². The molecule has 0 unspecified atom stereocenters. The Balaban J connectivity index is 2.08. The van der Waals surface area contributed by atoms with Gasteiger partial charge in [-0.2, -0.15) is 0 Å². The van der Waals surface area contributed by atoms with Gasteiger partial charge in [0.25, 0.3) is 0 Å². The maximum absolute atomic E-state index is 6.00. The van der Waals surface area contributed by atoms with E-state index in [0.717, 1.165) is 26.9 Å². The van der Waals surface area contributed by atoms with E-state index in [9.17, 15) is 0 Å². The molecule has 0 saturated carbocycles. The number of para-hydroxylation sites is 1. The van der Waals surface area contributed by atoms with Gasteiger partial charge in [-0.1, -0.05) is 18.2 Å². The molecule has 20 heavy (non-hydrogen) atoms. The molecule has 0 aliphatic heterocycles. The topological polar surface area (TPSA) is 66.0 Å². The largest absolute Gasteiger partial charge is 0.496 e. The minimum Gasteiger partial charge on any atom is -0.496 e. The number of aromatic nitrogens is 3. The van der Waals surface area contributed by atoms with Crippen molar-refractivity contribution in [3.63, 3.8) is 0 Å². The molecule has 1 aromatic carbocycles. The van der Waals surface area contributed by atoms with Crippen molar-refractivity contribution >= 4 is 33.0 Å². The average molecular weight is 333 g/mol. The zero-order valence-corrected chi connectivity index (χ0v) is 12.5. The molecule has 0 aliphatic rings. The van der Waals surface area contributed by atoms with Crippen molar-refractivity contribution in [1.29, 1.82) is 0 Å². The molecule has 3 rings (SSSR count). The summed E-state index contributed by atoms with van der Waals surface area (Å²) in [6.45, 7) is 0.570. The fourth-order valence-corrected chi connectivity index (χ4v) is 2.48. The molecule has 0 aliphatic carbocycles. The Morgan fingerprint density at radius 3 is 2.95 bits per heavy atom. The summed E-state index contributed by atoms with van der Waals surface area (Å²) < 4.78 is 8.12. The van der Waals surface area contributed by atoms with Crippen molar-refractivity contribution < 1.29 is 4.74 Å². The van der Waals surface area contributed by atoms with Gasteiger partial charge in [0.1, 0.15) is 11.3 Å². The number of fused-ring (bicyclic) bond motifs is 1. The smallest absolute Gasteiger partial charge is 0.202 e. The number of rotatable bonds is 3. The summed E-state index contributed by atoms with van der Waals surface area (Å²) >= 11 is 3.38. The van der Waals surface area contributed by atoms with Gasteiger partial charge in [0.15, 0.2) is 5.65 Å². The van der Waals surface area contributed by atoms with Crippen LogP contribution in [0.3, 0.4) is 0 Å². The number of hydrogen-bond acceptors (Lipinski definition) is 4. The van der Waals surface area contributed by atoms with Crippen molar-refractivity contribution in [2.45, 2.75) is 6.54 Å². The number of imidazole rings is 1. The standard InChI is InChI=1S/C14H13BrN4O/c1-20-12-5-3-2-4-9(12)8-19-13-11(18-14(19)16)6-10(15)7-17-13/h2-7H,8H2,1H3,(H2,16,18). The number of anilines is 1. The fraction of sp³-hybridized carbons (Fsp3) is 0.143. The third kappa shape index (κ3) is 2.22. The highest BCUT2D eigenvalue weighted by Crippen LogP contribution is 2.24. The number of methoxy groups -OCH3 is 1. The van der Waals surface area contributed by atoms with Gasteiger partial charge in [-0.05, 0) is 28.1 Å². The first kappa shape index (κ1) is 12.9. The van der Waals surface area contributed by atoms with Crippen LogP contribution in [0.1, 0.15) is 5.56 Å². The molecule has 0 atom stereocenters. The zero-order chi connectivity index (χ0) is 14.1. The van der Waals surface area contributed by atoms with E-state index in [4.69, 9.17) is 10.5 Å². The predicted molar refractivity (Wildman–Crippen MR) is 81.7 cm³/mol. The minimum atomic E-state index is 0.441. The summed E-state index contributed by atoms with van der Waals surface area (Å²) in [7, 11) is 1.66. The normalized spacial score (nSPS) is 10.9. The highest BCUT2D eigenvalue weighted by atomic mass is 79.9. The third-order valence-corrected chi connectivity index (χ3v) is 3.54. The van der Waals surface area contributed by atoms with Gasteiger partial charge in [0.2, 0.25) is 5.95 Å². The molecule has 0 saturated heterocycles. The third-order valence-electron chi connectivity index (χ3n) is 3.10. The van der Waals surface area contributed by atoms with E-state index in [1.54, 1.807) is 13.3 Å². The molecule has 0 spiro atoms. The lowest BCUT2D eigenvalue weighted by atomic mass is 10.2. The lowest BCUT2D eigenvalue weighted by Gasteiger charge is -2.10. The number of nitrogens with two attached hydrogens (primary N) is 1. The summed E-state index contributed by atoms with van der Waals surface area (Å²) in [5.74, 6) is 1.27. The van der Waals surface area contributed by atoms with Crippen LogP contribution in [0.4, 0.5) is 5.95 Å². The summed E-state index contributed by atoms with van der Waals surface area (Å²) in [4.78, 5) is 8.72. The number of nitrogens with zero attached hydrogens (tertiary/aromatic N) is 3. The van der Waals surface area contributed by atoms with Crippen molar-refractivity contribution in [3.05, 3.63) is 46.6 Å². The second-order valence-electron chi connectivity index (χ2n) is 4.36. The first-order chi connectivity index (χ1) is 9.69. The van der Waals surface area contributed by atoms with Crippen molar-refractivity contribution in [1.82, 2.24) is 14.5 Å². The van der Waals surface area contributed by atoms with Gasteiger partial charge in [0, 0.05) is 16.2 Å². The Morgan fingerprint density at radius 2 is 2.15 bits per heavy atom. The Kier molecular flexibility index (Phi) is 3.31. The lowest BCUT2D eigenvalue weighted by molar-refractivity contribution is 0.408. The van der Waals surface area contributed by atoms with Gasteiger partial charge >= 0.3 is 0 Å². The van der Waals surface area contributed by atoms with E-state index in [1.807, 2.05) is 34.9 Å². The molecule has 3 aromatic rings. The fourth-order valence-electron chi connectivity index (χ4n) is 2.16. The summed E-state index contributed by atoms with van der Waals surface area (Å²) in [6.07, 6.45) is 1.74. The summed E-state index contributed by atoms with van der Waals surface area (Å²) in [5, 5.41) is 0. The van der Waals surface area contributed by atoms with E-state index in [0.29, 0.717) is 12.5 Å². The predicted octanol–water partition coefficient (Wildman–Crippen LogP) is 2.83. The van der Waals surface area contributed by atoms with Gasteiger partial charge in [-0.3, -0.25) is 4.57 Å². The van der Waals surface area contributed by atoms with Crippen LogP contribution < -0.4 is 10.5 Å². The van der Waals surface area contributed by atoms with E-state index in [1.165, 1.54) is 0 Å². The van der Waals surface area contributed by atoms with Crippen molar-refractivity contribution in [2.24, 2.45) is 0 Å². The first-order valence-electron chi connectivity index (χ1n) is 6.08. The highest BCUT2D eigenvalue weighted by Gasteiger charge is 2.12. The lowest BCUT2D eigenvalue weighted by Crippen LogP contribution is -2.06. The molecule has 102 valence electrons. The summed E-state index contributed by atoms with van der Waals surface area (Å²) in [6, 6.07) is 9.74. The maximum atomic E-state index is 6.00. The van der Waals surface area contributed by atoms with E-state index in [2.05, 4.69) is 25.9 Å². The van der Waals surface area contributed by atoms with Crippen LogP contribution in [0.25, 0.3) is 11.2 Å². The average Bonchev–Trinajstić information content (AvgIpc) is 2.75. The van der Waals surface area contributed by atoms with E-state index in [-0.39, 0.29) is 0 Å². The summed E-state index contributed by atoms with van der Waals surface area (Å²) in [5.41, 5.74) is 8.56. The molecule has 5 nitrogen and oxygen atoms in total. The van der Waals surface area contributed by atoms with Crippen molar-refractivity contribution in [3.8, 4) is 5.75 Å². The van der Waals surface area contributed by atoms with Crippen LogP contribution in [-0.4, -0.2) is 21.6 Å². The second kappa shape index (κ2) is 5.13. The van der Waals surface area contributed by atoms with Crippen LogP contribution in [0.5, 0.6) is 5.75 Å². The Labute approximate surface area is 124 Å². The molecule has 2 aromatic heterocycles. The molecular weight excluding hydrogens is 320 g/mol. The number of nitrogen functional groups attached to an aromatic ring is 1. The van der Waals surface area contributed by atoms with Gasteiger partial charge in [0.05, 0.1) is 13.7 Å². The quantitative estimate of drug-likeness (QED) is 0.800.